The molecular weight excluding hydrogens is 254 g/mol. The number of rotatable bonds is 7. The Labute approximate surface area is 120 Å². The normalized spacial score (nSPS) is 11.8. The molecule has 0 spiro atoms. The van der Waals surface area contributed by atoms with Crippen LogP contribution in [0, 0.1) is 0 Å². The predicted molar refractivity (Wildman–Crippen MR) is 77.8 cm³/mol. The summed E-state index contributed by atoms with van der Waals surface area (Å²) in [6.07, 6.45) is 4.65. The van der Waals surface area contributed by atoms with E-state index >= 15 is 0 Å². The summed E-state index contributed by atoms with van der Waals surface area (Å²) >= 11 is 0. The van der Waals surface area contributed by atoms with E-state index in [-0.39, 0.29) is 17.9 Å². The van der Waals surface area contributed by atoms with Gasteiger partial charge in [-0.3, -0.25) is 14.6 Å². The van der Waals surface area contributed by atoms with Gasteiger partial charge in [-0.05, 0) is 25.0 Å². The Balaban J connectivity index is 2.48. The van der Waals surface area contributed by atoms with Gasteiger partial charge < -0.3 is 10.2 Å². The summed E-state index contributed by atoms with van der Waals surface area (Å²) in [6.45, 7) is 6.42. The van der Waals surface area contributed by atoms with Gasteiger partial charge >= 0.3 is 0 Å². The van der Waals surface area contributed by atoms with Crippen molar-refractivity contribution in [3.8, 4) is 0 Å². The molecule has 1 aromatic heterocycles. The first-order valence-corrected chi connectivity index (χ1v) is 6.96. The van der Waals surface area contributed by atoms with Gasteiger partial charge in [-0.25, -0.2) is 0 Å². The highest BCUT2D eigenvalue weighted by atomic mass is 16.2. The Kier molecular flexibility index (Phi) is 6.70. The quantitative estimate of drug-likeness (QED) is 0.825. The highest BCUT2D eigenvalue weighted by Crippen LogP contribution is 2.04. The fourth-order valence-electron chi connectivity index (χ4n) is 1.75. The fourth-order valence-corrected chi connectivity index (χ4v) is 1.75. The number of nitrogens with one attached hydrogen (secondary N) is 1. The molecular formula is C15H23N3O2. The molecule has 2 amide bonds. The van der Waals surface area contributed by atoms with Crippen LogP contribution in [0.15, 0.2) is 24.5 Å². The molecule has 20 heavy (non-hydrogen) atoms. The van der Waals surface area contributed by atoms with Crippen LogP contribution in [-0.4, -0.2) is 34.3 Å². The van der Waals surface area contributed by atoms with Crippen molar-refractivity contribution in [2.24, 2.45) is 0 Å². The molecule has 1 aromatic rings. The zero-order chi connectivity index (χ0) is 15.0. The zero-order valence-corrected chi connectivity index (χ0v) is 12.4. The number of hydrogen-bond acceptors (Lipinski definition) is 3. The molecule has 5 nitrogen and oxygen atoms in total. The minimum absolute atomic E-state index is 0.0169. The van der Waals surface area contributed by atoms with Crippen LogP contribution in [0.3, 0.4) is 0 Å². The topological polar surface area (TPSA) is 62.3 Å². The number of pyridine rings is 1. The van der Waals surface area contributed by atoms with Crippen LogP contribution in [0.1, 0.15) is 39.2 Å². The number of aromatic nitrogens is 1. The van der Waals surface area contributed by atoms with Crippen LogP contribution in [0.5, 0.6) is 0 Å². The van der Waals surface area contributed by atoms with Crippen molar-refractivity contribution in [1.82, 2.24) is 15.2 Å². The number of carbonyl (C=O) groups is 2. The third kappa shape index (κ3) is 5.82. The van der Waals surface area contributed by atoms with Crippen LogP contribution in [0.4, 0.5) is 0 Å². The average molecular weight is 277 g/mol. The molecule has 0 aliphatic heterocycles. The maximum atomic E-state index is 11.7. The zero-order valence-electron chi connectivity index (χ0n) is 12.4. The molecule has 0 saturated carbocycles. The number of carbonyl (C=O) groups excluding carboxylic acids is 2. The molecule has 0 aliphatic carbocycles. The van der Waals surface area contributed by atoms with Crippen molar-refractivity contribution in [3.05, 3.63) is 30.1 Å². The highest BCUT2D eigenvalue weighted by Gasteiger charge is 2.12. The molecule has 1 heterocycles. The van der Waals surface area contributed by atoms with Gasteiger partial charge in [0.15, 0.2) is 0 Å². The van der Waals surface area contributed by atoms with Crippen molar-refractivity contribution < 1.29 is 9.59 Å². The molecule has 0 saturated heterocycles. The van der Waals surface area contributed by atoms with Crippen molar-refractivity contribution in [1.29, 1.82) is 0 Å². The van der Waals surface area contributed by atoms with E-state index in [9.17, 15) is 9.59 Å². The Morgan fingerprint density at radius 1 is 1.45 bits per heavy atom. The lowest BCUT2D eigenvalue weighted by Gasteiger charge is -2.21. The number of amides is 2. The molecule has 110 valence electrons. The maximum Gasteiger partial charge on any atom is 0.221 e. The Bertz CT molecular complexity index is 434. The van der Waals surface area contributed by atoms with E-state index in [0.717, 1.165) is 12.0 Å². The Hall–Kier alpha value is -1.91. The van der Waals surface area contributed by atoms with E-state index in [4.69, 9.17) is 0 Å². The number of hydrogen-bond donors (Lipinski definition) is 1. The van der Waals surface area contributed by atoms with Crippen LogP contribution < -0.4 is 5.32 Å². The van der Waals surface area contributed by atoms with E-state index in [0.29, 0.717) is 19.5 Å². The fraction of sp³-hybridized carbons (Fsp3) is 0.533. The van der Waals surface area contributed by atoms with E-state index < -0.39 is 0 Å². The van der Waals surface area contributed by atoms with Gasteiger partial charge in [0.2, 0.25) is 11.8 Å². The van der Waals surface area contributed by atoms with Gasteiger partial charge in [0, 0.05) is 44.9 Å². The number of nitrogens with zero attached hydrogens (tertiary/aromatic N) is 2. The molecule has 5 heteroatoms. The van der Waals surface area contributed by atoms with Gasteiger partial charge in [-0.15, -0.1) is 0 Å². The molecule has 0 bridgehead atoms. The van der Waals surface area contributed by atoms with Gasteiger partial charge in [0.1, 0.15) is 0 Å². The van der Waals surface area contributed by atoms with Crippen LogP contribution in [0.2, 0.25) is 0 Å². The first kappa shape index (κ1) is 16.1. The summed E-state index contributed by atoms with van der Waals surface area (Å²) < 4.78 is 0. The van der Waals surface area contributed by atoms with Crippen molar-refractivity contribution in [3.63, 3.8) is 0 Å². The van der Waals surface area contributed by atoms with Gasteiger partial charge in [0.25, 0.3) is 0 Å². The maximum absolute atomic E-state index is 11.7. The summed E-state index contributed by atoms with van der Waals surface area (Å²) in [6, 6.07) is 3.93. The molecule has 0 radical (unpaired) electrons. The first-order valence-electron chi connectivity index (χ1n) is 6.96. The van der Waals surface area contributed by atoms with E-state index in [2.05, 4.69) is 10.3 Å². The minimum Gasteiger partial charge on any atom is -0.354 e. The summed E-state index contributed by atoms with van der Waals surface area (Å²) in [4.78, 5) is 29.0. The monoisotopic (exact) mass is 277 g/mol. The highest BCUT2D eigenvalue weighted by molar-refractivity contribution is 5.78. The Morgan fingerprint density at radius 2 is 2.20 bits per heavy atom. The summed E-state index contributed by atoms with van der Waals surface area (Å²) in [5, 5.41) is 2.90. The van der Waals surface area contributed by atoms with Crippen molar-refractivity contribution in [2.45, 2.75) is 46.2 Å². The summed E-state index contributed by atoms with van der Waals surface area (Å²) in [5.41, 5.74) is 0.963. The standard InChI is InChI=1S/C15H23N3O2/c1-4-12(2)17-15(20)7-9-18(13(3)19)11-14-6-5-8-16-10-14/h5-6,8,10,12H,4,7,9,11H2,1-3H3,(H,17,20). The van der Waals surface area contributed by atoms with Crippen LogP contribution in [0.25, 0.3) is 0 Å². The molecule has 0 aliphatic rings. The van der Waals surface area contributed by atoms with Crippen molar-refractivity contribution >= 4 is 11.8 Å². The van der Waals surface area contributed by atoms with Crippen LogP contribution >= 0.6 is 0 Å². The summed E-state index contributed by atoms with van der Waals surface area (Å²) in [7, 11) is 0. The van der Waals surface area contributed by atoms with Gasteiger partial charge in [-0.2, -0.15) is 0 Å². The van der Waals surface area contributed by atoms with E-state index in [1.807, 2.05) is 26.0 Å². The van der Waals surface area contributed by atoms with E-state index in [1.54, 1.807) is 17.3 Å². The van der Waals surface area contributed by atoms with Gasteiger partial charge in [0.05, 0.1) is 0 Å². The van der Waals surface area contributed by atoms with Crippen LogP contribution in [-0.2, 0) is 16.1 Å². The molecule has 0 aromatic carbocycles. The van der Waals surface area contributed by atoms with E-state index in [1.165, 1.54) is 6.92 Å². The lowest BCUT2D eigenvalue weighted by molar-refractivity contribution is -0.130. The average Bonchev–Trinajstić information content (AvgIpc) is 2.44. The molecule has 0 fully saturated rings. The second kappa shape index (κ2) is 8.30. The lowest BCUT2D eigenvalue weighted by atomic mass is 10.2. The SMILES string of the molecule is CCC(C)NC(=O)CCN(Cc1cccnc1)C(C)=O. The Morgan fingerprint density at radius 3 is 2.75 bits per heavy atom. The van der Waals surface area contributed by atoms with Crippen molar-refractivity contribution in [2.75, 3.05) is 6.54 Å². The first-order chi connectivity index (χ1) is 9.52. The molecule has 1 N–H and O–H groups in total. The summed E-state index contributed by atoms with van der Waals surface area (Å²) in [5.74, 6) is -0.0537. The smallest absolute Gasteiger partial charge is 0.221 e. The third-order valence-electron chi connectivity index (χ3n) is 3.17. The minimum atomic E-state index is -0.0369. The third-order valence-corrected chi connectivity index (χ3v) is 3.17. The predicted octanol–water partition coefficient (Wildman–Crippen LogP) is 1.73. The van der Waals surface area contributed by atoms with Gasteiger partial charge in [-0.1, -0.05) is 13.0 Å². The molecule has 1 unspecified atom stereocenters. The second-order valence-corrected chi connectivity index (χ2v) is 4.93. The largest absolute Gasteiger partial charge is 0.354 e. The lowest BCUT2D eigenvalue weighted by Crippen LogP contribution is -2.36. The molecule has 1 rings (SSSR count). The molecule has 1 atom stereocenters. The second-order valence-electron chi connectivity index (χ2n) is 4.93.